The zero-order valence-electron chi connectivity index (χ0n) is 12.4. The second-order valence-electron chi connectivity index (χ2n) is 5.36. The Bertz CT molecular complexity index is 824. The molecule has 0 amide bonds. The number of hydrogen-bond acceptors (Lipinski definition) is 6. The molecule has 7 nitrogen and oxygen atoms in total. The fourth-order valence-electron chi connectivity index (χ4n) is 2.91. The Morgan fingerprint density at radius 3 is 3.14 bits per heavy atom. The molecule has 1 aliphatic carbocycles. The molecule has 3 aromatic rings. The Kier molecular flexibility index (Phi) is 3.10. The maximum absolute atomic E-state index is 4.59. The smallest absolute Gasteiger partial charge is 0.254 e. The summed E-state index contributed by atoms with van der Waals surface area (Å²) in [7, 11) is 1.87. The van der Waals surface area contributed by atoms with Gasteiger partial charge in [-0.1, -0.05) is 0 Å². The van der Waals surface area contributed by atoms with E-state index in [0.29, 0.717) is 12.3 Å². The van der Waals surface area contributed by atoms with E-state index in [1.807, 2.05) is 25.4 Å². The second-order valence-corrected chi connectivity index (χ2v) is 5.36. The van der Waals surface area contributed by atoms with Crippen LogP contribution in [0.2, 0.25) is 0 Å². The number of fused-ring (bicyclic) bond motifs is 2. The highest BCUT2D eigenvalue weighted by molar-refractivity contribution is 5.54. The third-order valence-corrected chi connectivity index (χ3v) is 3.99. The minimum atomic E-state index is 0.661. The van der Waals surface area contributed by atoms with Gasteiger partial charge in [0.15, 0.2) is 0 Å². The maximum Gasteiger partial charge on any atom is 0.254 e. The Hall–Kier alpha value is -2.70. The minimum Gasteiger partial charge on any atom is -0.373 e. The Morgan fingerprint density at radius 2 is 2.23 bits per heavy atom. The van der Waals surface area contributed by atoms with Gasteiger partial charge in [-0.05, 0) is 37.0 Å². The molecule has 0 bridgehead atoms. The van der Waals surface area contributed by atoms with Crippen molar-refractivity contribution in [3.05, 3.63) is 41.5 Å². The third kappa shape index (κ3) is 2.14. The molecule has 7 heteroatoms. The van der Waals surface area contributed by atoms with E-state index >= 15 is 0 Å². The van der Waals surface area contributed by atoms with Gasteiger partial charge < -0.3 is 10.6 Å². The van der Waals surface area contributed by atoms with Gasteiger partial charge in [0.1, 0.15) is 18.0 Å². The van der Waals surface area contributed by atoms with E-state index < -0.39 is 0 Å². The summed E-state index contributed by atoms with van der Waals surface area (Å²) in [6, 6.07) is 4.04. The highest BCUT2D eigenvalue weighted by atomic mass is 15.4. The monoisotopic (exact) mass is 295 g/mol. The van der Waals surface area contributed by atoms with Crippen LogP contribution >= 0.6 is 0 Å². The molecule has 3 heterocycles. The molecule has 2 N–H and O–H groups in total. The molecule has 0 unspecified atom stereocenters. The lowest BCUT2D eigenvalue weighted by molar-refractivity contribution is 0.897. The average Bonchev–Trinajstić information content (AvgIpc) is 3.20. The largest absolute Gasteiger partial charge is 0.373 e. The van der Waals surface area contributed by atoms with Crippen LogP contribution in [-0.4, -0.2) is 31.6 Å². The highest BCUT2D eigenvalue weighted by Gasteiger charge is 2.20. The molecule has 0 aliphatic heterocycles. The molecule has 112 valence electrons. The molecule has 1 aliphatic rings. The van der Waals surface area contributed by atoms with Crippen molar-refractivity contribution in [2.24, 2.45) is 0 Å². The van der Waals surface area contributed by atoms with Crippen LogP contribution in [0, 0.1) is 0 Å². The number of hydrogen-bond donors (Lipinski definition) is 2. The molecular formula is C15H17N7. The lowest BCUT2D eigenvalue weighted by Crippen LogP contribution is -2.10. The van der Waals surface area contributed by atoms with Gasteiger partial charge >= 0.3 is 0 Å². The number of anilines is 2. The third-order valence-electron chi connectivity index (χ3n) is 3.99. The van der Waals surface area contributed by atoms with Gasteiger partial charge in [-0.3, -0.25) is 0 Å². The van der Waals surface area contributed by atoms with Crippen LogP contribution in [0.1, 0.15) is 23.2 Å². The van der Waals surface area contributed by atoms with Crippen molar-refractivity contribution in [1.82, 2.24) is 24.6 Å². The predicted octanol–water partition coefficient (Wildman–Crippen LogP) is 1.66. The van der Waals surface area contributed by atoms with Crippen molar-refractivity contribution in [3.63, 3.8) is 0 Å². The van der Waals surface area contributed by atoms with Gasteiger partial charge in [0.05, 0.1) is 5.69 Å². The van der Waals surface area contributed by atoms with Gasteiger partial charge in [-0.2, -0.15) is 14.6 Å². The van der Waals surface area contributed by atoms with E-state index in [1.165, 1.54) is 5.56 Å². The molecule has 4 rings (SSSR count). The van der Waals surface area contributed by atoms with Crippen molar-refractivity contribution in [2.75, 3.05) is 17.7 Å². The topological polar surface area (TPSA) is 80.0 Å². The first kappa shape index (κ1) is 13.0. The summed E-state index contributed by atoms with van der Waals surface area (Å²) < 4.78 is 1.80. The quantitative estimate of drug-likeness (QED) is 0.762. The Labute approximate surface area is 127 Å². The second kappa shape index (κ2) is 5.25. The van der Waals surface area contributed by atoms with E-state index in [4.69, 9.17) is 0 Å². The van der Waals surface area contributed by atoms with Crippen molar-refractivity contribution >= 4 is 17.4 Å². The molecule has 0 radical (unpaired) electrons. The summed E-state index contributed by atoms with van der Waals surface area (Å²) in [6.07, 6.45) is 6.56. The van der Waals surface area contributed by atoms with Crippen LogP contribution in [0.4, 0.5) is 11.6 Å². The van der Waals surface area contributed by atoms with E-state index in [-0.39, 0.29) is 0 Å². The van der Waals surface area contributed by atoms with Crippen molar-refractivity contribution in [1.29, 1.82) is 0 Å². The van der Waals surface area contributed by atoms with E-state index in [1.54, 1.807) is 10.8 Å². The zero-order chi connectivity index (χ0) is 14.9. The highest BCUT2D eigenvalue weighted by Crippen LogP contribution is 2.28. The number of nitrogens with one attached hydrogen (secondary N) is 2. The minimum absolute atomic E-state index is 0.661. The average molecular weight is 295 g/mol. The first-order valence-corrected chi connectivity index (χ1v) is 7.43. The molecule has 0 atom stereocenters. The summed E-state index contributed by atoms with van der Waals surface area (Å²) in [5, 5.41) is 10.9. The summed E-state index contributed by atoms with van der Waals surface area (Å²) in [5.41, 5.74) is 3.57. The number of rotatable bonds is 4. The normalized spacial score (nSPS) is 13.3. The first-order valence-electron chi connectivity index (χ1n) is 7.43. The molecule has 0 saturated heterocycles. The van der Waals surface area contributed by atoms with E-state index in [0.717, 1.165) is 42.2 Å². The van der Waals surface area contributed by atoms with Crippen molar-refractivity contribution in [3.8, 4) is 0 Å². The van der Waals surface area contributed by atoms with Crippen LogP contribution < -0.4 is 10.6 Å². The van der Waals surface area contributed by atoms with Crippen LogP contribution in [0.15, 0.2) is 24.7 Å². The lowest BCUT2D eigenvalue weighted by Gasteiger charge is -2.13. The van der Waals surface area contributed by atoms with Crippen LogP contribution in [0.5, 0.6) is 0 Å². The fourth-order valence-corrected chi connectivity index (χ4v) is 2.91. The molecular weight excluding hydrogens is 278 g/mol. The maximum atomic E-state index is 4.59. The number of nitrogens with zero attached hydrogens (tertiary/aromatic N) is 5. The molecule has 0 aromatic carbocycles. The van der Waals surface area contributed by atoms with E-state index in [9.17, 15) is 0 Å². The standard InChI is InChI=1S/C15H17N7/c1-16-13-7-10(5-6-17-13)8-18-14-11-3-2-4-12(11)21-15-19-9-20-22(14)15/h5-7,9,18H,2-4,8H2,1H3,(H,16,17). The summed E-state index contributed by atoms with van der Waals surface area (Å²) >= 11 is 0. The predicted molar refractivity (Wildman–Crippen MR) is 83.9 cm³/mol. The van der Waals surface area contributed by atoms with Crippen LogP contribution in [0.25, 0.3) is 5.78 Å². The summed E-state index contributed by atoms with van der Waals surface area (Å²) in [4.78, 5) is 13.0. The summed E-state index contributed by atoms with van der Waals surface area (Å²) in [6.45, 7) is 0.711. The van der Waals surface area contributed by atoms with Crippen molar-refractivity contribution in [2.45, 2.75) is 25.8 Å². The number of aryl methyl sites for hydroxylation is 1. The Balaban J connectivity index is 1.67. The molecule has 3 aromatic heterocycles. The van der Waals surface area contributed by atoms with E-state index in [2.05, 4.69) is 30.7 Å². The zero-order valence-corrected chi connectivity index (χ0v) is 12.4. The van der Waals surface area contributed by atoms with Gasteiger partial charge in [0, 0.05) is 25.4 Å². The van der Waals surface area contributed by atoms with Gasteiger partial charge in [0.25, 0.3) is 5.78 Å². The summed E-state index contributed by atoms with van der Waals surface area (Å²) in [5.74, 6) is 2.54. The van der Waals surface area contributed by atoms with Crippen LogP contribution in [0.3, 0.4) is 0 Å². The van der Waals surface area contributed by atoms with Gasteiger partial charge in [-0.25, -0.2) is 9.97 Å². The molecule has 0 spiro atoms. The molecule has 22 heavy (non-hydrogen) atoms. The van der Waals surface area contributed by atoms with Gasteiger partial charge in [0.2, 0.25) is 0 Å². The molecule has 0 fully saturated rings. The number of pyridine rings is 1. The van der Waals surface area contributed by atoms with Crippen molar-refractivity contribution < 1.29 is 0 Å². The SMILES string of the molecule is CNc1cc(CNc2c3c(nc4ncnn24)CCC3)ccn1. The lowest BCUT2D eigenvalue weighted by atomic mass is 10.2. The first-order chi connectivity index (χ1) is 10.8. The number of aromatic nitrogens is 5. The Morgan fingerprint density at radius 1 is 1.27 bits per heavy atom. The fraction of sp³-hybridized carbons (Fsp3) is 0.333. The van der Waals surface area contributed by atoms with Gasteiger partial charge in [-0.15, -0.1) is 0 Å². The molecule has 0 saturated carbocycles. The van der Waals surface area contributed by atoms with Crippen LogP contribution in [-0.2, 0) is 19.4 Å².